The molecule has 1 aromatic carbocycles. The molecule has 0 aliphatic heterocycles. The number of methoxy groups -OCH3 is 1. The van der Waals surface area contributed by atoms with Gasteiger partial charge < -0.3 is 15.2 Å². The smallest absolute Gasteiger partial charge is 0.222 e. The van der Waals surface area contributed by atoms with Crippen molar-refractivity contribution in [2.45, 2.75) is 20.3 Å². The standard InChI is InChI=1S/C14H17N3O2/c1-4-10-7-14(17-9(2)16-10)19-11-5-6-13(18-3)12(15)8-11/h5-8H,4,15H2,1-3H3. The molecular formula is C14H17N3O2. The van der Waals surface area contributed by atoms with E-state index in [1.165, 1.54) is 0 Å². The molecule has 5 heteroatoms. The van der Waals surface area contributed by atoms with E-state index in [0.29, 0.717) is 28.9 Å². The number of nitrogen functional groups attached to an aromatic ring is 1. The summed E-state index contributed by atoms with van der Waals surface area (Å²) in [5, 5.41) is 0. The van der Waals surface area contributed by atoms with Gasteiger partial charge in [-0.1, -0.05) is 6.92 Å². The summed E-state index contributed by atoms with van der Waals surface area (Å²) in [6, 6.07) is 7.09. The van der Waals surface area contributed by atoms with Crippen LogP contribution in [0.25, 0.3) is 0 Å². The van der Waals surface area contributed by atoms with Gasteiger partial charge in [0.15, 0.2) is 0 Å². The van der Waals surface area contributed by atoms with Gasteiger partial charge in [0.1, 0.15) is 17.3 Å². The average molecular weight is 259 g/mol. The number of hydrogen-bond donors (Lipinski definition) is 1. The Hall–Kier alpha value is -2.30. The first-order valence-corrected chi connectivity index (χ1v) is 6.08. The highest BCUT2D eigenvalue weighted by Crippen LogP contribution is 2.28. The quantitative estimate of drug-likeness (QED) is 0.855. The van der Waals surface area contributed by atoms with Crippen LogP contribution in [-0.4, -0.2) is 17.1 Å². The molecule has 1 aromatic heterocycles. The third-order valence-corrected chi connectivity index (χ3v) is 2.65. The van der Waals surface area contributed by atoms with Crippen molar-refractivity contribution in [3.05, 3.63) is 35.8 Å². The van der Waals surface area contributed by atoms with Crippen LogP contribution in [0, 0.1) is 6.92 Å². The SMILES string of the molecule is CCc1cc(Oc2ccc(OC)c(N)c2)nc(C)n1. The zero-order valence-corrected chi connectivity index (χ0v) is 11.3. The van der Waals surface area contributed by atoms with Crippen molar-refractivity contribution in [1.82, 2.24) is 9.97 Å². The zero-order valence-electron chi connectivity index (χ0n) is 11.3. The third-order valence-electron chi connectivity index (χ3n) is 2.65. The van der Waals surface area contributed by atoms with E-state index >= 15 is 0 Å². The molecule has 0 saturated carbocycles. The minimum Gasteiger partial charge on any atom is -0.495 e. The van der Waals surface area contributed by atoms with Crippen LogP contribution in [-0.2, 0) is 6.42 Å². The minimum absolute atomic E-state index is 0.522. The van der Waals surface area contributed by atoms with Crippen LogP contribution in [0.5, 0.6) is 17.4 Å². The van der Waals surface area contributed by atoms with Gasteiger partial charge in [0.2, 0.25) is 5.88 Å². The highest BCUT2D eigenvalue weighted by atomic mass is 16.5. The highest BCUT2D eigenvalue weighted by molar-refractivity contribution is 5.56. The van der Waals surface area contributed by atoms with Crippen LogP contribution in [0.15, 0.2) is 24.3 Å². The number of aromatic nitrogens is 2. The van der Waals surface area contributed by atoms with Gasteiger partial charge in [-0.15, -0.1) is 0 Å². The largest absolute Gasteiger partial charge is 0.495 e. The topological polar surface area (TPSA) is 70.3 Å². The molecule has 0 atom stereocenters. The molecule has 0 saturated heterocycles. The van der Waals surface area contributed by atoms with E-state index in [9.17, 15) is 0 Å². The maximum Gasteiger partial charge on any atom is 0.222 e. The van der Waals surface area contributed by atoms with E-state index in [1.807, 2.05) is 19.9 Å². The molecule has 0 spiro atoms. The summed E-state index contributed by atoms with van der Waals surface area (Å²) in [5.41, 5.74) is 7.31. The summed E-state index contributed by atoms with van der Waals surface area (Å²) in [6.45, 7) is 3.88. The maximum absolute atomic E-state index is 5.83. The molecule has 2 rings (SSSR count). The van der Waals surface area contributed by atoms with Gasteiger partial charge >= 0.3 is 0 Å². The second-order valence-electron chi connectivity index (χ2n) is 4.10. The van der Waals surface area contributed by atoms with Crippen LogP contribution in [0.4, 0.5) is 5.69 Å². The Morgan fingerprint density at radius 1 is 1.21 bits per heavy atom. The number of nitrogens with two attached hydrogens (primary N) is 1. The molecule has 1 heterocycles. The molecule has 19 heavy (non-hydrogen) atoms. The van der Waals surface area contributed by atoms with Crippen LogP contribution in [0.1, 0.15) is 18.4 Å². The van der Waals surface area contributed by atoms with Gasteiger partial charge in [0, 0.05) is 17.8 Å². The van der Waals surface area contributed by atoms with Crippen molar-refractivity contribution in [3.8, 4) is 17.4 Å². The normalized spacial score (nSPS) is 10.3. The number of ether oxygens (including phenoxy) is 2. The van der Waals surface area contributed by atoms with E-state index in [1.54, 1.807) is 25.3 Å². The maximum atomic E-state index is 5.83. The zero-order chi connectivity index (χ0) is 13.8. The summed E-state index contributed by atoms with van der Waals surface area (Å²) < 4.78 is 10.8. The number of rotatable bonds is 4. The molecule has 100 valence electrons. The number of anilines is 1. The van der Waals surface area contributed by atoms with Crippen molar-refractivity contribution in [2.75, 3.05) is 12.8 Å². The lowest BCUT2D eigenvalue weighted by Crippen LogP contribution is -1.98. The number of nitrogens with zero attached hydrogens (tertiary/aromatic N) is 2. The predicted molar refractivity (Wildman–Crippen MR) is 73.6 cm³/mol. The van der Waals surface area contributed by atoms with Gasteiger partial charge in [-0.2, -0.15) is 4.98 Å². The summed E-state index contributed by atoms with van der Waals surface area (Å²) in [6.07, 6.45) is 0.838. The molecule has 0 radical (unpaired) electrons. The monoisotopic (exact) mass is 259 g/mol. The molecule has 0 bridgehead atoms. The Kier molecular flexibility index (Phi) is 3.85. The molecular weight excluding hydrogens is 242 g/mol. The van der Waals surface area contributed by atoms with Gasteiger partial charge in [-0.3, -0.25) is 0 Å². The Bertz CT molecular complexity index is 585. The Morgan fingerprint density at radius 2 is 2.00 bits per heavy atom. The van der Waals surface area contributed by atoms with Crippen LogP contribution in [0.2, 0.25) is 0 Å². The third kappa shape index (κ3) is 3.13. The lowest BCUT2D eigenvalue weighted by atomic mass is 10.3. The number of benzene rings is 1. The van der Waals surface area contributed by atoms with Gasteiger partial charge in [-0.05, 0) is 25.5 Å². The number of aryl methyl sites for hydroxylation is 2. The lowest BCUT2D eigenvalue weighted by Gasteiger charge is -2.09. The predicted octanol–water partition coefficient (Wildman–Crippen LogP) is 2.73. The van der Waals surface area contributed by atoms with E-state index in [0.717, 1.165) is 12.1 Å². The van der Waals surface area contributed by atoms with Crippen molar-refractivity contribution in [2.24, 2.45) is 0 Å². The van der Waals surface area contributed by atoms with Crippen LogP contribution < -0.4 is 15.2 Å². The lowest BCUT2D eigenvalue weighted by molar-refractivity contribution is 0.414. The van der Waals surface area contributed by atoms with Crippen LogP contribution >= 0.6 is 0 Å². The second-order valence-corrected chi connectivity index (χ2v) is 4.10. The summed E-state index contributed by atoms with van der Waals surface area (Å²) in [4.78, 5) is 8.55. The van der Waals surface area contributed by atoms with Crippen molar-refractivity contribution >= 4 is 5.69 Å². The fourth-order valence-electron chi connectivity index (χ4n) is 1.73. The van der Waals surface area contributed by atoms with Gasteiger partial charge in [0.05, 0.1) is 12.8 Å². The molecule has 0 amide bonds. The molecule has 5 nitrogen and oxygen atoms in total. The fraction of sp³-hybridized carbons (Fsp3) is 0.286. The molecule has 0 fully saturated rings. The fourth-order valence-corrected chi connectivity index (χ4v) is 1.73. The van der Waals surface area contributed by atoms with E-state index in [4.69, 9.17) is 15.2 Å². The Balaban J connectivity index is 2.25. The first-order valence-electron chi connectivity index (χ1n) is 6.08. The molecule has 2 N–H and O–H groups in total. The minimum atomic E-state index is 0.522. The summed E-state index contributed by atoms with van der Waals surface area (Å²) >= 11 is 0. The molecule has 0 aliphatic rings. The second kappa shape index (κ2) is 5.56. The van der Waals surface area contributed by atoms with Gasteiger partial charge in [0.25, 0.3) is 0 Å². The molecule has 2 aromatic rings. The van der Waals surface area contributed by atoms with Crippen LogP contribution in [0.3, 0.4) is 0 Å². The first kappa shape index (κ1) is 13.1. The summed E-state index contributed by atoms with van der Waals surface area (Å²) in [5.74, 6) is 2.46. The number of hydrogen-bond acceptors (Lipinski definition) is 5. The Labute approximate surface area is 112 Å². The Morgan fingerprint density at radius 3 is 2.63 bits per heavy atom. The van der Waals surface area contributed by atoms with Crippen molar-refractivity contribution in [3.63, 3.8) is 0 Å². The van der Waals surface area contributed by atoms with E-state index in [-0.39, 0.29) is 0 Å². The molecule has 0 aliphatic carbocycles. The average Bonchev–Trinajstić information content (AvgIpc) is 2.38. The summed E-state index contributed by atoms with van der Waals surface area (Å²) in [7, 11) is 1.58. The van der Waals surface area contributed by atoms with E-state index in [2.05, 4.69) is 9.97 Å². The van der Waals surface area contributed by atoms with Crippen molar-refractivity contribution < 1.29 is 9.47 Å². The highest BCUT2D eigenvalue weighted by Gasteiger charge is 2.06. The molecule has 0 unspecified atom stereocenters. The van der Waals surface area contributed by atoms with Crippen molar-refractivity contribution in [1.29, 1.82) is 0 Å². The van der Waals surface area contributed by atoms with E-state index < -0.39 is 0 Å². The van der Waals surface area contributed by atoms with Gasteiger partial charge in [-0.25, -0.2) is 4.98 Å². The first-order chi connectivity index (χ1) is 9.12.